The molecule has 4 heterocycles. The third-order valence-corrected chi connectivity index (χ3v) is 14.2. The van der Waals surface area contributed by atoms with Gasteiger partial charge in [-0.05, 0) is 51.2 Å². The molecule has 0 fully saturated rings. The molecule has 10 rings (SSSR count). The van der Waals surface area contributed by atoms with Crippen molar-refractivity contribution in [2.24, 2.45) is 0 Å². The van der Waals surface area contributed by atoms with E-state index in [0.717, 1.165) is 56.0 Å². The Morgan fingerprint density at radius 2 is 0.781 bits per heavy atom. The summed E-state index contributed by atoms with van der Waals surface area (Å²) < 4.78 is 0. The first-order valence-corrected chi connectivity index (χ1v) is 27.9. The van der Waals surface area contributed by atoms with Crippen LogP contribution in [-0.2, 0) is 30.9 Å². The molecule has 4 aromatic heterocycles. The van der Waals surface area contributed by atoms with Crippen molar-refractivity contribution in [2.75, 3.05) is 0 Å². The van der Waals surface area contributed by atoms with Crippen LogP contribution in [0.25, 0.3) is 79.1 Å². The minimum atomic E-state index is -1.33. The molecule has 0 saturated carbocycles. The Morgan fingerprint density at radius 3 is 1.15 bits per heavy atom. The molecule has 0 spiro atoms. The zero-order chi connectivity index (χ0) is 50.7. The van der Waals surface area contributed by atoms with Gasteiger partial charge in [-0.3, -0.25) is 0 Å². The molecule has 0 amide bonds. The van der Waals surface area contributed by atoms with Crippen molar-refractivity contribution in [2.45, 2.75) is 72.0 Å². The fourth-order valence-electron chi connectivity index (χ4n) is 7.76. The van der Waals surface area contributed by atoms with Crippen LogP contribution in [0.1, 0.15) is 52.7 Å². The van der Waals surface area contributed by atoms with Gasteiger partial charge in [0.25, 0.3) is 0 Å². The van der Waals surface area contributed by atoms with Gasteiger partial charge in [0, 0.05) is 35.3 Å². The number of benzene rings is 6. The van der Waals surface area contributed by atoms with Gasteiger partial charge >= 0.3 is 20.1 Å². The van der Waals surface area contributed by atoms with Gasteiger partial charge in [0.05, 0.1) is 8.07 Å². The summed E-state index contributed by atoms with van der Waals surface area (Å²) in [5.74, 6) is 1.87. The molecule has 0 atom stereocenters. The molecule has 0 saturated heterocycles. The van der Waals surface area contributed by atoms with E-state index in [1.54, 1.807) is 12.4 Å². The van der Waals surface area contributed by atoms with Crippen molar-refractivity contribution in [3.05, 3.63) is 236 Å². The number of nitrogens with zero attached hydrogens (tertiary/aromatic N) is 6. The normalized spacial score (nSPS) is 11.2. The van der Waals surface area contributed by atoms with Gasteiger partial charge in [0.1, 0.15) is 0 Å². The minimum absolute atomic E-state index is 0. The molecule has 0 N–H and O–H groups in total. The standard InChI is InChI=1S/C43H45N4Si.2C11H8N.Ir/c1-42(2,3)35-21-14-32(15-22-35)39-45-40(33-16-23-36(24-17-33)43(4,5)6)47-41(46-39)34-20-27-38(44-28-34)31-12-10-29(11-13-31)30-18-25-37(26-19-30)48(7,8)9;2*1-2-6-10(7-3-1)11-8-4-5-9-12-11;/h10-12,14-28H,1-9H3;2*1-6,8-9H;/q3*-1;+3. The predicted octanol–water partition coefficient (Wildman–Crippen LogP) is 15.6. The first-order chi connectivity index (χ1) is 34.6. The Morgan fingerprint density at radius 1 is 0.370 bits per heavy atom. The van der Waals surface area contributed by atoms with E-state index < -0.39 is 8.07 Å². The van der Waals surface area contributed by atoms with Gasteiger partial charge in [-0.15, -0.1) is 102 Å². The van der Waals surface area contributed by atoms with Gasteiger partial charge in [0.2, 0.25) is 0 Å². The zero-order valence-corrected chi connectivity index (χ0v) is 46.5. The van der Waals surface area contributed by atoms with Gasteiger partial charge in [-0.2, -0.15) is 0 Å². The van der Waals surface area contributed by atoms with Crippen LogP contribution in [0.15, 0.2) is 207 Å². The molecule has 6 nitrogen and oxygen atoms in total. The van der Waals surface area contributed by atoms with Crippen LogP contribution < -0.4 is 5.19 Å². The Kier molecular flexibility index (Phi) is 17.5. The number of aromatic nitrogens is 6. The second-order valence-electron chi connectivity index (χ2n) is 20.7. The summed E-state index contributed by atoms with van der Waals surface area (Å²) in [5, 5.41) is 1.46. The Labute approximate surface area is 447 Å². The molecule has 0 aliphatic carbocycles. The summed E-state index contributed by atoms with van der Waals surface area (Å²) in [7, 11) is -1.33. The van der Waals surface area contributed by atoms with E-state index in [-0.39, 0.29) is 30.9 Å². The molecular formula is C65H61IrN6Si. The average Bonchev–Trinajstić information content (AvgIpc) is 3.41. The summed E-state index contributed by atoms with van der Waals surface area (Å²) in [4.78, 5) is 28.1. The maximum Gasteiger partial charge on any atom is 3.00 e. The second-order valence-corrected chi connectivity index (χ2v) is 25.8. The molecule has 0 unspecified atom stereocenters. The second kappa shape index (κ2) is 23.9. The number of pyridine rings is 3. The van der Waals surface area contributed by atoms with Crippen LogP contribution in [0.2, 0.25) is 19.6 Å². The molecule has 0 aliphatic rings. The van der Waals surface area contributed by atoms with E-state index in [0.29, 0.717) is 17.5 Å². The van der Waals surface area contributed by atoms with Crippen molar-refractivity contribution >= 4 is 13.3 Å². The molecule has 10 aromatic rings. The first-order valence-electron chi connectivity index (χ1n) is 24.4. The van der Waals surface area contributed by atoms with Crippen molar-refractivity contribution in [1.82, 2.24) is 29.9 Å². The minimum Gasteiger partial charge on any atom is -0.305 e. The van der Waals surface area contributed by atoms with Gasteiger partial charge in [0.15, 0.2) is 17.5 Å². The molecular weight excluding hydrogens is 1090 g/mol. The fraction of sp³-hybridized carbons (Fsp3) is 0.169. The Bertz CT molecular complexity index is 3040. The van der Waals surface area contributed by atoms with E-state index in [2.05, 4.69) is 180 Å². The van der Waals surface area contributed by atoms with E-state index in [4.69, 9.17) is 19.9 Å². The third kappa shape index (κ3) is 14.4. The fourth-order valence-corrected chi connectivity index (χ4v) is 8.93. The van der Waals surface area contributed by atoms with Crippen LogP contribution in [0.5, 0.6) is 0 Å². The van der Waals surface area contributed by atoms with Gasteiger partial charge < -0.3 is 15.0 Å². The smallest absolute Gasteiger partial charge is 0.305 e. The summed E-state index contributed by atoms with van der Waals surface area (Å²) in [6.07, 6.45) is 5.42. The maximum absolute atomic E-state index is 4.95. The van der Waals surface area contributed by atoms with Crippen molar-refractivity contribution in [1.29, 1.82) is 0 Å². The van der Waals surface area contributed by atoms with Crippen LogP contribution in [0, 0.1) is 18.2 Å². The number of hydrogen-bond donors (Lipinski definition) is 0. The summed E-state index contributed by atoms with van der Waals surface area (Å²) in [5.41, 5.74) is 13.6. The van der Waals surface area contributed by atoms with Crippen molar-refractivity contribution in [3.8, 4) is 79.1 Å². The predicted molar refractivity (Wildman–Crippen MR) is 301 cm³/mol. The quantitative estimate of drug-likeness (QED) is 0.111. The Hall–Kier alpha value is -7.35. The number of hydrogen-bond acceptors (Lipinski definition) is 6. The maximum atomic E-state index is 4.95. The average molecular weight is 1150 g/mol. The van der Waals surface area contributed by atoms with Gasteiger partial charge in [-0.25, -0.2) is 15.0 Å². The van der Waals surface area contributed by atoms with E-state index in [1.807, 2.05) is 103 Å². The molecule has 6 aromatic carbocycles. The first kappa shape index (κ1) is 53.4. The summed E-state index contributed by atoms with van der Waals surface area (Å²) in [6.45, 7) is 20.4. The van der Waals surface area contributed by atoms with Crippen molar-refractivity contribution < 1.29 is 20.1 Å². The van der Waals surface area contributed by atoms with E-state index >= 15 is 0 Å². The Balaban J connectivity index is 0.000000251. The van der Waals surface area contributed by atoms with Crippen LogP contribution in [0.4, 0.5) is 0 Å². The molecule has 364 valence electrons. The van der Waals surface area contributed by atoms with Crippen LogP contribution in [-0.4, -0.2) is 38.0 Å². The van der Waals surface area contributed by atoms with Crippen LogP contribution >= 0.6 is 0 Å². The summed E-state index contributed by atoms with van der Waals surface area (Å²) >= 11 is 0. The molecule has 73 heavy (non-hydrogen) atoms. The SMILES string of the molecule is CC(C)(C)c1ccc(-c2nc(-c3ccc(C(C)(C)C)cc3)nc(-c3ccc(-c4[c-]cc(-c5ccc([Si](C)(C)C)cc5)cc4)nc3)n2)cc1.[Ir+3].[c-]1ccccc1-c1ccccn1.[c-]1ccccc1-c1ccccn1. The van der Waals surface area contributed by atoms with E-state index in [1.165, 1.54) is 21.9 Å². The topological polar surface area (TPSA) is 77.3 Å². The molecule has 0 radical (unpaired) electrons. The largest absolute Gasteiger partial charge is 3.00 e. The van der Waals surface area contributed by atoms with E-state index in [9.17, 15) is 0 Å². The molecule has 8 heteroatoms. The zero-order valence-electron chi connectivity index (χ0n) is 43.1. The number of rotatable bonds is 8. The van der Waals surface area contributed by atoms with Crippen LogP contribution in [0.3, 0.4) is 0 Å². The molecule has 0 aliphatic heterocycles. The third-order valence-electron chi connectivity index (χ3n) is 12.1. The molecule has 0 bridgehead atoms. The van der Waals surface area contributed by atoms with Crippen molar-refractivity contribution in [3.63, 3.8) is 0 Å². The monoisotopic (exact) mass is 1150 g/mol. The summed E-state index contributed by atoms with van der Waals surface area (Å²) in [6, 6.07) is 73.5. The van der Waals surface area contributed by atoms with Gasteiger partial charge in [-0.1, -0.05) is 187 Å².